The topological polar surface area (TPSA) is 15.3 Å². The van der Waals surface area contributed by atoms with E-state index in [9.17, 15) is 13.2 Å². The Bertz CT molecular complexity index is 511. The van der Waals surface area contributed by atoms with Crippen LogP contribution in [-0.2, 0) is 0 Å². The lowest BCUT2D eigenvalue weighted by molar-refractivity contribution is 0.232. The van der Waals surface area contributed by atoms with Crippen LogP contribution in [0.3, 0.4) is 0 Å². The molecule has 0 aliphatic carbocycles. The number of nitrogens with one attached hydrogen (secondary N) is 1. The largest absolute Gasteiger partial charge is 0.363 e. The lowest BCUT2D eigenvalue weighted by atomic mass is 9.84. The molecular weight excluding hydrogens is 277 g/mol. The molecule has 0 radical (unpaired) electrons. The van der Waals surface area contributed by atoms with Crippen molar-refractivity contribution in [2.75, 3.05) is 18.0 Å². The summed E-state index contributed by atoms with van der Waals surface area (Å²) < 4.78 is 41.1. The van der Waals surface area contributed by atoms with Crippen molar-refractivity contribution in [1.82, 2.24) is 5.32 Å². The molecule has 1 saturated heterocycles. The molecule has 0 saturated carbocycles. The van der Waals surface area contributed by atoms with Gasteiger partial charge in [-0.05, 0) is 11.8 Å². The summed E-state index contributed by atoms with van der Waals surface area (Å²) in [5.74, 6) is -2.85. The van der Waals surface area contributed by atoms with E-state index in [0.29, 0.717) is 19.2 Å². The Morgan fingerprint density at radius 3 is 2.48 bits per heavy atom. The fourth-order valence-electron chi connectivity index (χ4n) is 2.79. The molecule has 1 N–H and O–H groups in total. The van der Waals surface area contributed by atoms with Crippen LogP contribution in [0, 0.1) is 22.9 Å². The molecule has 1 aliphatic heterocycles. The third kappa shape index (κ3) is 3.34. The zero-order chi connectivity index (χ0) is 15.8. The van der Waals surface area contributed by atoms with Gasteiger partial charge < -0.3 is 10.2 Å². The molecule has 0 spiro atoms. The van der Waals surface area contributed by atoms with Crippen molar-refractivity contribution in [2.45, 2.75) is 46.2 Å². The highest BCUT2D eigenvalue weighted by Crippen LogP contribution is 2.31. The molecule has 5 heteroatoms. The maximum absolute atomic E-state index is 14.1. The lowest BCUT2D eigenvalue weighted by Gasteiger charge is -2.46. The van der Waals surface area contributed by atoms with E-state index in [4.69, 9.17) is 0 Å². The molecule has 1 fully saturated rings. The van der Waals surface area contributed by atoms with Crippen molar-refractivity contribution in [3.05, 3.63) is 29.6 Å². The van der Waals surface area contributed by atoms with Crippen LogP contribution >= 0.6 is 0 Å². The number of rotatable bonds is 2. The smallest absolute Gasteiger partial charge is 0.182 e. The quantitative estimate of drug-likeness (QED) is 0.838. The van der Waals surface area contributed by atoms with Crippen LogP contribution in [0.15, 0.2) is 12.1 Å². The highest BCUT2D eigenvalue weighted by molar-refractivity contribution is 5.50. The van der Waals surface area contributed by atoms with Crippen LogP contribution in [0.1, 0.15) is 34.1 Å². The summed E-state index contributed by atoms with van der Waals surface area (Å²) in [6.07, 6.45) is 0.779. The highest BCUT2D eigenvalue weighted by atomic mass is 19.2. The summed E-state index contributed by atoms with van der Waals surface area (Å²) in [6, 6.07) is 1.83. The summed E-state index contributed by atoms with van der Waals surface area (Å²) in [5, 5.41) is 3.46. The van der Waals surface area contributed by atoms with Gasteiger partial charge in [-0.25, -0.2) is 13.2 Å². The third-order valence-electron chi connectivity index (χ3n) is 4.22. The van der Waals surface area contributed by atoms with Gasteiger partial charge in [-0.15, -0.1) is 0 Å². The van der Waals surface area contributed by atoms with Crippen molar-refractivity contribution in [2.24, 2.45) is 5.41 Å². The Kier molecular flexibility index (Phi) is 4.51. The number of piperazine rings is 1. The standard InChI is InChI=1S/C16H23F3N2/c1-5-11-8-20-14(16(2,3)4)9-21(11)13-7-10(17)6-12(18)15(13)19/h6-7,11,14,20H,5,8-9H2,1-4H3. The first kappa shape index (κ1) is 16.1. The molecule has 2 rings (SSSR count). The Morgan fingerprint density at radius 2 is 1.90 bits per heavy atom. The van der Waals surface area contributed by atoms with Crippen LogP contribution in [-0.4, -0.2) is 25.2 Å². The molecule has 1 aliphatic rings. The minimum atomic E-state index is -1.13. The minimum absolute atomic E-state index is 0.0146. The van der Waals surface area contributed by atoms with Crippen LogP contribution in [0.25, 0.3) is 0 Å². The Morgan fingerprint density at radius 1 is 1.24 bits per heavy atom. The monoisotopic (exact) mass is 300 g/mol. The first-order valence-corrected chi connectivity index (χ1v) is 7.38. The second-order valence-electron chi connectivity index (χ2n) is 6.76. The Hall–Kier alpha value is -1.23. The van der Waals surface area contributed by atoms with Gasteiger partial charge in [0, 0.05) is 37.3 Å². The van der Waals surface area contributed by atoms with Gasteiger partial charge in [0.25, 0.3) is 0 Å². The zero-order valence-corrected chi connectivity index (χ0v) is 13.0. The van der Waals surface area contributed by atoms with Gasteiger partial charge >= 0.3 is 0 Å². The second kappa shape index (κ2) is 5.87. The van der Waals surface area contributed by atoms with E-state index >= 15 is 0 Å². The molecule has 2 atom stereocenters. The van der Waals surface area contributed by atoms with Gasteiger partial charge in [-0.3, -0.25) is 0 Å². The number of benzene rings is 1. The minimum Gasteiger partial charge on any atom is -0.363 e. The summed E-state index contributed by atoms with van der Waals surface area (Å²) in [6.45, 7) is 9.48. The first-order chi connectivity index (χ1) is 9.74. The van der Waals surface area contributed by atoms with Gasteiger partial charge in [0.2, 0.25) is 0 Å². The van der Waals surface area contributed by atoms with Crippen molar-refractivity contribution in [1.29, 1.82) is 0 Å². The number of hydrogen-bond acceptors (Lipinski definition) is 2. The van der Waals surface area contributed by atoms with E-state index in [0.717, 1.165) is 12.5 Å². The molecule has 118 valence electrons. The molecule has 2 unspecified atom stereocenters. The predicted molar refractivity (Wildman–Crippen MR) is 79.0 cm³/mol. The molecule has 1 heterocycles. The number of nitrogens with zero attached hydrogens (tertiary/aromatic N) is 1. The van der Waals surface area contributed by atoms with E-state index in [1.807, 2.05) is 6.92 Å². The lowest BCUT2D eigenvalue weighted by Crippen LogP contribution is -2.60. The molecule has 21 heavy (non-hydrogen) atoms. The summed E-state index contributed by atoms with van der Waals surface area (Å²) in [4.78, 5) is 1.80. The first-order valence-electron chi connectivity index (χ1n) is 7.38. The van der Waals surface area contributed by atoms with E-state index in [1.54, 1.807) is 4.90 Å². The maximum atomic E-state index is 14.1. The van der Waals surface area contributed by atoms with Crippen LogP contribution in [0.5, 0.6) is 0 Å². The molecular formula is C16H23F3N2. The van der Waals surface area contributed by atoms with E-state index in [1.165, 1.54) is 0 Å². The number of anilines is 1. The maximum Gasteiger partial charge on any atom is 0.182 e. The third-order valence-corrected chi connectivity index (χ3v) is 4.22. The van der Waals surface area contributed by atoms with Crippen molar-refractivity contribution < 1.29 is 13.2 Å². The molecule has 0 amide bonds. The average Bonchev–Trinajstić information content (AvgIpc) is 2.41. The van der Waals surface area contributed by atoms with Gasteiger partial charge in [0.05, 0.1) is 5.69 Å². The predicted octanol–water partition coefficient (Wildman–Crippen LogP) is 3.71. The van der Waals surface area contributed by atoms with E-state index in [-0.39, 0.29) is 23.2 Å². The van der Waals surface area contributed by atoms with Crippen molar-refractivity contribution in [3.8, 4) is 0 Å². The normalized spacial score (nSPS) is 23.5. The average molecular weight is 300 g/mol. The van der Waals surface area contributed by atoms with Crippen molar-refractivity contribution >= 4 is 5.69 Å². The van der Waals surface area contributed by atoms with Gasteiger partial charge in [-0.1, -0.05) is 27.7 Å². The van der Waals surface area contributed by atoms with Gasteiger partial charge in [0.1, 0.15) is 5.82 Å². The molecule has 0 aromatic heterocycles. The SMILES string of the molecule is CCC1CNC(C(C)(C)C)CN1c1cc(F)cc(F)c1F. The van der Waals surface area contributed by atoms with Gasteiger partial charge in [0.15, 0.2) is 11.6 Å². The second-order valence-corrected chi connectivity index (χ2v) is 6.76. The highest BCUT2D eigenvalue weighted by Gasteiger charge is 2.35. The summed E-state index contributed by atoms with van der Waals surface area (Å²) in [7, 11) is 0. The van der Waals surface area contributed by atoms with Crippen LogP contribution in [0.4, 0.5) is 18.9 Å². The van der Waals surface area contributed by atoms with E-state index < -0.39 is 17.5 Å². The van der Waals surface area contributed by atoms with Crippen LogP contribution in [0.2, 0.25) is 0 Å². The van der Waals surface area contributed by atoms with Gasteiger partial charge in [-0.2, -0.15) is 0 Å². The van der Waals surface area contributed by atoms with Crippen LogP contribution < -0.4 is 10.2 Å². The Balaban J connectivity index is 2.38. The fourth-order valence-corrected chi connectivity index (χ4v) is 2.79. The molecule has 2 nitrogen and oxygen atoms in total. The Labute approximate surface area is 124 Å². The molecule has 1 aromatic rings. The van der Waals surface area contributed by atoms with Crippen molar-refractivity contribution in [3.63, 3.8) is 0 Å². The summed E-state index contributed by atoms with van der Waals surface area (Å²) >= 11 is 0. The van der Waals surface area contributed by atoms with E-state index in [2.05, 4.69) is 26.1 Å². The summed E-state index contributed by atoms with van der Waals surface area (Å²) in [5.41, 5.74) is 0.00866. The molecule has 0 bridgehead atoms. The molecule has 1 aromatic carbocycles. The number of hydrogen-bond donors (Lipinski definition) is 1. The zero-order valence-electron chi connectivity index (χ0n) is 13.0. The fraction of sp³-hybridized carbons (Fsp3) is 0.625. The number of halogens is 3.